The van der Waals surface area contributed by atoms with Gasteiger partial charge in [-0.2, -0.15) is 11.8 Å². The largest absolute Gasteiger partial charge is 0.154 e. The highest BCUT2D eigenvalue weighted by molar-refractivity contribution is 7.99. The zero-order valence-corrected chi connectivity index (χ0v) is 10.4. The van der Waals surface area contributed by atoms with E-state index in [1.54, 1.807) is 0 Å². The summed E-state index contributed by atoms with van der Waals surface area (Å²) in [6.45, 7) is 4.51. The maximum absolute atomic E-state index is 5.72. The Labute approximate surface area is 96.0 Å². The number of benzene rings is 1. The monoisotopic (exact) mass is 228 g/mol. The first kappa shape index (κ1) is 11.9. The minimum atomic E-state index is 0.610. The number of hydrogen-bond donors (Lipinski definition) is 0. The first-order valence-corrected chi connectivity index (χ1v) is 6.60. The van der Waals surface area contributed by atoms with Crippen LogP contribution < -0.4 is 0 Å². The molecule has 0 radical (unpaired) electrons. The Balaban J connectivity index is 2.43. The number of hydrogen-bond acceptors (Lipinski definition) is 1. The Bertz CT molecular complexity index is 256. The van der Waals surface area contributed by atoms with Gasteiger partial charge >= 0.3 is 0 Å². The summed E-state index contributed by atoms with van der Waals surface area (Å²) in [5, 5.41) is 0.753. The molecule has 0 aliphatic rings. The molecule has 0 N–H and O–H groups in total. The van der Waals surface area contributed by atoms with Crippen molar-refractivity contribution in [2.24, 2.45) is 0 Å². The molecule has 0 aliphatic heterocycles. The molecule has 1 unspecified atom stereocenters. The lowest BCUT2D eigenvalue weighted by atomic mass is 10.2. The third-order valence-corrected chi connectivity index (χ3v) is 4.00. The van der Waals surface area contributed by atoms with Gasteiger partial charge in [-0.05, 0) is 17.5 Å². The summed E-state index contributed by atoms with van der Waals surface area (Å²) in [5.41, 5.74) is 2.59. The lowest BCUT2D eigenvalue weighted by molar-refractivity contribution is 0.905. The smallest absolute Gasteiger partial charge is 0.0474 e. The predicted molar refractivity (Wildman–Crippen MR) is 67.0 cm³/mol. The van der Waals surface area contributed by atoms with Crippen LogP contribution in [0.2, 0.25) is 0 Å². The van der Waals surface area contributed by atoms with Crippen LogP contribution in [0.4, 0.5) is 0 Å². The Morgan fingerprint density at radius 1 is 1.21 bits per heavy atom. The molecule has 1 rings (SSSR count). The van der Waals surface area contributed by atoms with Crippen LogP contribution in [0, 0.1) is 0 Å². The van der Waals surface area contributed by atoms with E-state index in [4.69, 9.17) is 11.6 Å². The highest BCUT2D eigenvalue weighted by Crippen LogP contribution is 2.20. The first-order valence-electron chi connectivity index (χ1n) is 5.01. The van der Waals surface area contributed by atoms with Gasteiger partial charge in [0.1, 0.15) is 0 Å². The van der Waals surface area contributed by atoms with Crippen molar-refractivity contribution in [1.82, 2.24) is 0 Å². The fourth-order valence-electron chi connectivity index (χ4n) is 1.08. The second-order valence-electron chi connectivity index (χ2n) is 3.48. The summed E-state index contributed by atoms with van der Waals surface area (Å²) in [5.74, 6) is 1.72. The maximum Gasteiger partial charge on any atom is 0.0474 e. The zero-order chi connectivity index (χ0) is 10.4. The van der Waals surface area contributed by atoms with Crippen molar-refractivity contribution in [2.75, 3.05) is 0 Å². The molecule has 0 saturated carbocycles. The maximum atomic E-state index is 5.72. The second kappa shape index (κ2) is 6.36. The van der Waals surface area contributed by atoms with Crippen molar-refractivity contribution >= 4 is 23.4 Å². The van der Waals surface area contributed by atoms with Gasteiger partial charge in [-0.3, -0.25) is 0 Å². The molecule has 1 aromatic carbocycles. The van der Waals surface area contributed by atoms with Crippen molar-refractivity contribution < 1.29 is 0 Å². The van der Waals surface area contributed by atoms with Crippen LogP contribution in [-0.2, 0) is 11.6 Å². The average Bonchev–Trinajstić information content (AvgIpc) is 2.26. The highest BCUT2D eigenvalue weighted by atomic mass is 35.5. The van der Waals surface area contributed by atoms with Crippen LogP contribution in [0.15, 0.2) is 24.3 Å². The molecule has 0 fully saturated rings. The van der Waals surface area contributed by atoms with E-state index in [1.165, 1.54) is 17.5 Å². The minimum Gasteiger partial charge on any atom is -0.154 e. The standard InChI is InChI=1S/C12H17ClS/c1-3-10(2)14-9-12-6-4-11(8-13)5-7-12/h4-7,10H,3,8-9H2,1-2H3. The SMILES string of the molecule is CCC(C)SCc1ccc(CCl)cc1. The van der Waals surface area contributed by atoms with Crippen molar-refractivity contribution in [3.05, 3.63) is 35.4 Å². The Kier molecular flexibility index (Phi) is 5.42. The topological polar surface area (TPSA) is 0 Å². The highest BCUT2D eigenvalue weighted by Gasteiger charge is 2.00. The van der Waals surface area contributed by atoms with Crippen molar-refractivity contribution in [3.8, 4) is 0 Å². The molecular formula is C12H17ClS. The van der Waals surface area contributed by atoms with Crippen LogP contribution in [0.1, 0.15) is 31.4 Å². The van der Waals surface area contributed by atoms with E-state index in [0.717, 1.165) is 11.0 Å². The summed E-state index contributed by atoms with van der Waals surface area (Å²) in [7, 11) is 0. The molecule has 14 heavy (non-hydrogen) atoms. The van der Waals surface area contributed by atoms with Crippen LogP contribution >= 0.6 is 23.4 Å². The molecule has 0 nitrogen and oxygen atoms in total. The summed E-state index contributed by atoms with van der Waals surface area (Å²) in [6, 6.07) is 8.57. The van der Waals surface area contributed by atoms with E-state index >= 15 is 0 Å². The summed E-state index contributed by atoms with van der Waals surface area (Å²) in [4.78, 5) is 0. The molecule has 2 heteroatoms. The molecule has 0 bridgehead atoms. The Morgan fingerprint density at radius 2 is 1.79 bits per heavy atom. The fourth-order valence-corrected chi connectivity index (χ4v) is 2.16. The number of alkyl halides is 1. The predicted octanol–water partition coefficient (Wildman–Crippen LogP) is 4.46. The zero-order valence-electron chi connectivity index (χ0n) is 8.79. The van der Waals surface area contributed by atoms with E-state index in [-0.39, 0.29) is 0 Å². The van der Waals surface area contributed by atoms with Gasteiger partial charge in [0, 0.05) is 16.9 Å². The minimum absolute atomic E-state index is 0.610. The second-order valence-corrected chi connectivity index (χ2v) is 5.17. The van der Waals surface area contributed by atoms with Crippen LogP contribution in [0.3, 0.4) is 0 Å². The van der Waals surface area contributed by atoms with E-state index < -0.39 is 0 Å². The lowest BCUT2D eigenvalue weighted by Gasteiger charge is -2.08. The summed E-state index contributed by atoms with van der Waals surface area (Å²) in [6.07, 6.45) is 1.24. The van der Waals surface area contributed by atoms with Gasteiger partial charge in [0.15, 0.2) is 0 Å². The summed E-state index contributed by atoms with van der Waals surface area (Å²) >= 11 is 7.73. The molecule has 78 valence electrons. The van der Waals surface area contributed by atoms with Gasteiger partial charge in [0.2, 0.25) is 0 Å². The lowest BCUT2D eigenvalue weighted by Crippen LogP contribution is -1.93. The van der Waals surface area contributed by atoms with E-state index in [9.17, 15) is 0 Å². The molecule has 0 aromatic heterocycles. The molecule has 0 aliphatic carbocycles. The van der Waals surface area contributed by atoms with E-state index in [1.807, 2.05) is 11.8 Å². The van der Waals surface area contributed by atoms with Gasteiger partial charge in [0.25, 0.3) is 0 Å². The molecule has 0 amide bonds. The van der Waals surface area contributed by atoms with Crippen LogP contribution in [-0.4, -0.2) is 5.25 Å². The molecule has 0 heterocycles. The average molecular weight is 229 g/mol. The normalized spacial score (nSPS) is 12.8. The van der Waals surface area contributed by atoms with Crippen LogP contribution in [0.5, 0.6) is 0 Å². The van der Waals surface area contributed by atoms with E-state index in [2.05, 4.69) is 38.1 Å². The number of rotatable bonds is 5. The van der Waals surface area contributed by atoms with Gasteiger partial charge in [-0.25, -0.2) is 0 Å². The van der Waals surface area contributed by atoms with Crippen LogP contribution in [0.25, 0.3) is 0 Å². The Hall–Kier alpha value is -0.140. The fraction of sp³-hybridized carbons (Fsp3) is 0.500. The van der Waals surface area contributed by atoms with Gasteiger partial charge in [-0.1, -0.05) is 38.1 Å². The van der Waals surface area contributed by atoms with Gasteiger partial charge in [0.05, 0.1) is 0 Å². The molecular weight excluding hydrogens is 212 g/mol. The van der Waals surface area contributed by atoms with Crippen molar-refractivity contribution in [3.63, 3.8) is 0 Å². The summed E-state index contributed by atoms with van der Waals surface area (Å²) < 4.78 is 0. The molecule has 0 spiro atoms. The number of halogens is 1. The van der Waals surface area contributed by atoms with Gasteiger partial charge in [-0.15, -0.1) is 11.6 Å². The first-order chi connectivity index (χ1) is 6.76. The Morgan fingerprint density at radius 3 is 2.29 bits per heavy atom. The molecule has 0 saturated heterocycles. The molecule has 1 atom stereocenters. The quantitative estimate of drug-likeness (QED) is 0.671. The van der Waals surface area contributed by atoms with E-state index in [0.29, 0.717) is 5.88 Å². The third-order valence-electron chi connectivity index (χ3n) is 2.29. The van der Waals surface area contributed by atoms with Crippen molar-refractivity contribution in [2.45, 2.75) is 37.2 Å². The third kappa shape index (κ3) is 3.93. The number of thioether (sulfide) groups is 1. The molecule has 1 aromatic rings. The van der Waals surface area contributed by atoms with Gasteiger partial charge < -0.3 is 0 Å². The van der Waals surface area contributed by atoms with Crippen molar-refractivity contribution in [1.29, 1.82) is 0 Å².